The highest BCUT2D eigenvalue weighted by Gasteiger charge is 2.33. The fourth-order valence-corrected chi connectivity index (χ4v) is 5.42. The predicted octanol–water partition coefficient (Wildman–Crippen LogP) is 4.11. The molecule has 1 N–H and O–H groups in total. The van der Waals surface area contributed by atoms with Crippen LogP contribution < -0.4 is 14.4 Å². The van der Waals surface area contributed by atoms with Crippen molar-refractivity contribution in [2.24, 2.45) is 0 Å². The van der Waals surface area contributed by atoms with E-state index in [1.54, 1.807) is 13.8 Å². The normalized spacial score (nSPS) is 11.9. The molecule has 0 heterocycles. The molecular formula is C28H31F2N3O5S. The Morgan fingerprint density at radius 2 is 1.46 bits per heavy atom. The lowest BCUT2D eigenvalue weighted by Crippen LogP contribution is -2.51. The zero-order valence-electron chi connectivity index (χ0n) is 21.9. The number of sulfonamides is 1. The van der Waals surface area contributed by atoms with E-state index >= 15 is 0 Å². The third-order valence-corrected chi connectivity index (χ3v) is 7.80. The van der Waals surface area contributed by atoms with Crippen LogP contribution in [0.25, 0.3) is 0 Å². The van der Waals surface area contributed by atoms with E-state index < -0.39 is 46.1 Å². The number of amides is 2. The van der Waals surface area contributed by atoms with Gasteiger partial charge in [-0.25, -0.2) is 17.2 Å². The Bertz CT molecular complexity index is 1370. The molecule has 0 spiro atoms. The lowest BCUT2D eigenvalue weighted by atomic mass is 10.1. The topological polar surface area (TPSA) is 96.0 Å². The molecule has 1 atom stereocenters. The smallest absolute Gasteiger partial charge is 0.264 e. The Morgan fingerprint density at radius 3 is 1.97 bits per heavy atom. The Balaban J connectivity index is 2.03. The average Bonchev–Trinajstić information content (AvgIpc) is 2.93. The molecule has 0 unspecified atom stereocenters. The van der Waals surface area contributed by atoms with Gasteiger partial charge in [-0.1, -0.05) is 19.1 Å². The Hall–Kier alpha value is -3.99. The van der Waals surface area contributed by atoms with Gasteiger partial charge >= 0.3 is 0 Å². The molecule has 208 valence electrons. The highest BCUT2D eigenvalue weighted by atomic mass is 32.2. The number of nitrogens with zero attached hydrogens (tertiary/aromatic N) is 2. The standard InChI is InChI=1S/C28H31F2N3O5S/c1-4-26(28(35)31-3)32(18-20-6-8-21(29)9-7-20)27(34)19-33(23-12-10-22(30)11-13-23)39(36,37)25-16-14-24(15-17-25)38-5-2/h6-17,26H,4-5,18-19H2,1-3H3,(H,31,35)/t26-/m1/s1. The lowest BCUT2D eigenvalue weighted by molar-refractivity contribution is -0.140. The van der Waals surface area contributed by atoms with Crippen LogP contribution in [0.15, 0.2) is 77.7 Å². The third-order valence-electron chi connectivity index (χ3n) is 6.01. The molecule has 0 aromatic heterocycles. The number of anilines is 1. The van der Waals surface area contributed by atoms with Gasteiger partial charge in [0.25, 0.3) is 10.0 Å². The molecule has 3 aromatic rings. The van der Waals surface area contributed by atoms with Crippen molar-refractivity contribution in [2.75, 3.05) is 24.5 Å². The summed E-state index contributed by atoms with van der Waals surface area (Å²) in [5, 5.41) is 2.53. The summed E-state index contributed by atoms with van der Waals surface area (Å²) < 4.78 is 61.0. The number of benzene rings is 3. The Morgan fingerprint density at radius 1 is 0.897 bits per heavy atom. The fraction of sp³-hybridized carbons (Fsp3) is 0.286. The summed E-state index contributed by atoms with van der Waals surface area (Å²) in [7, 11) is -2.87. The number of rotatable bonds is 12. The first-order valence-corrected chi connectivity index (χ1v) is 13.8. The molecule has 3 aromatic carbocycles. The highest BCUT2D eigenvalue weighted by Crippen LogP contribution is 2.26. The van der Waals surface area contributed by atoms with Gasteiger partial charge < -0.3 is 15.0 Å². The van der Waals surface area contributed by atoms with Crippen molar-refractivity contribution < 1.29 is 31.5 Å². The zero-order chi connectivity index (χ0) is 28.6. The molecule has 0 radical (unpaired) electrons. The van der Waals surface area contributed by atoms with Crippen molar-refractivity contribution in [3.05, 3.63) is 90.0 Å². The minimum Gasteiger partial charge on any atom is -0.494 e. The maximum absolute atomic E-state index is 13.8. The first-order chi connectivity index (χ1) is 18.6. The van der Waals surface area contributed by atoms with E-state index in [0.717, 1.165) is 16.4 Å². The molecule has 2 amide bonds. The van der Waals surface area contributed by atoms with Gasteiger partial charge in [0, 0.05) is 13.6 Å². The van der Waals surface area contributed by atoms with Gasteiger partial charge in [-0.2, -0.15) is 0 Å². The fourth-order valence-electron chi connectivity index (χ4n) is 4.01. The van der Waals surface area contributed by atoms with Crippen LogP contribution >= 0.6 is 0 Å². The molecule has 0 saturated heterocycles. The van der Waals surface area contributed by atoms with E-state index in [9.17, 15) is 26.8 Å². The van der Waals surface area contributed by atoms with E-state index in [1.165, 1.54) is 72.6 Å². The largest absolute Gasteiger partial charge is 0.494 e. The zero-order valence-corrected chi connectivity index (χ0v) is 22.8. The van der Waals surface area contributed by atoms with Crippen LogP contribution in [0.4, 0.5) is 14.5 Å². The van der Waals surface area contributed by atoms with Crippen LogP contribution in [0.5, 0.6) is 5.75 Å². The monoisotopic (exact) mass is 559 g/mol. The number of halogens is 2. The molecule has 11 heteroatoms. The molecule has 8 nitrogen and oxygen atoms in total. The summed E-state index contributed by atoms with van der Waals surface area (Å²) in [4.78, 5) is 27.6. The summed E-state index contributed by atoms with van der Waals surface area (Å²) in [5.41, 5.74) is 0.614. The average molecular weight is 560 g/mol. The van der Waals surface area contributed by atoms with Crippen molar-refractivity contribution in [1.29, 1.82) is 0 Å². The van der Waals surface area contributed by atoms with Crippen LogP contribution in [0, 0.1) is 11.6 Å². The maximum atomic E-state index is 13.8. The summed E-state index contributed by atoms with van der Waals surface area (Å²) in [5.74, 6) is -1.67. The van der Waals surface area contributed by atoms with Gasteiger partial charge in [0.1, 0.15) is 30.0 Å². The van der Waals surface area contributed by atoms with E-state index in [2.05, 4.69) is 5.32 Å². The number of carbonyl (C=O) groups excluding carboxylic acids is 2. The van der Waals surface area contributed by atoms with Crippen LogP contribution in [0.3, 0.4) is 0 Å². The van der Waals surface area contributed by atoms with Crippen molar-refractivity contribution in [3.63, 3.8) is 0 Å². The van der Waals surface area contributed by atoms with Crippen LogP contribution in [0.1, 0.15) is 25.8 Å². The van der Waals surface area contributed by atoms with Gasteiger partial charge in [0.05, 0.1) is 17.2 Å². The number of hydrogen-bond acceptors (Lipinski definition) is 5. The second kappa shape index (κ2) is 13.2. The minimum atomic E-state index is -4.31. The van der Waals surface area contributed by atoms with Gasteiger partial charge in [-0.3, -0.25) is 13.9 Å². The molecule has 0 aliphatic carbocycles. The van der Waals surface area contributed by atoms with Crippen molar-refractivity contribution in [2.45, 2.75) is 37.8 Å². The van der Waals surface area contributed by atoms with E-state index in [0.29, 0.717) is 17.9 Å². The molecule has 0 aliphatic heterocycles. The molecule has 0 aliphatic rings. The molecule has 0 saturated carbocycles. The number of nitrogens with one attached hydrogen (secondary N) is 1. The second-order valence-corrected chi connectivity index (χ2v) is 10.4. The molecule has 0 fully saturated rings. The van der Waals surface area contributed by atoms with E-state index in [4.69, 9.17) is 4.74 Å². The van der Waals surface area contributed by atoms with Gasteiger partial charge in [0.15, 0.2) is 0 Å². The maximum Gasteiger partial charge on any atom is 0.264 e. The number of hydrogen-bond donors (Lipinski definition) is 1. The molecule has 0 bridgehead atoms. The van der Waals surface area contributed by atoms with Gasteiger partial charge in [-0.15, -0.1) is 0 Å². The first-order valence-electron chi connectivity index (χ1n) is 12.4. The Labute approximate surface area is 227 Å². The second-order valence-electron chi connectivity index (χ2n) is 8.58. The molecule has 39 heavy (non-hydrogen) atoms. The predicted molar refractivity (Wildman–Crippen MR) is 144 cm³/mol. The molecule has 3 rings (SSSR count). The van der Waals surface area contributed by atoms with Crippen LogP contribution in [0.2, 0.25) is 0 Å². The number of carbonyl (C=O) groups is 2. The summed E-state index contributed by atoms with van der Waals surface area (Å²) >= 11 is 0. The van der Waals surface area contributed by atoms with E-state index in [1.807, 2.05) is 0 Å². The minimum absolute atomic E-state index is 0.0633. The summed E-state index contributed by atoms with van der Waals surface area (Å²) in [6.07, 6.45) is 0.245. The molecular weight excluding hydrogens is 528 g/mol. The lowest BCUT2D eigenvalue weighted by Gasteiger charge is -2.33. The summed E-state index contributed by atoms with van der Waals surface area (Å²) in [6, 6.07) is 14.9. The highest BCUT2D eigenvalue weighted by molar-refractivity contribution is 7.92. The van der Waals surface area contributed by atoms with Gasteiger partial charge in [0.2, 0.25) is 11.8 Å². The van der Waals surface area contributed by atoms with Crippen molar-refractivity contribution in [1.82, 2.24) is 10.2 Å². The SMILES string of the molecule is CCOc1ccc(S(=O)(=O)N(CC(=O)N(Cc2ccc(F)cc2)[C@H](CC)C(=O)NC)c2ccc(F)cc2)cc1. The first kappa shape index (κ1) is 29.6. The van der Waals surface area contributed by atoms with Gasteiger partial charge in [-0.05, 0) is 79.6 Å². The van der Waals surface area contributed by atoms with Crippen molar-refractivity contribution in [3.8, 4) is 5.75 Å². The van der Waals surface area contributed by atoms with E-state index in [-0.39, 0.29) is 23.5 Å². The quantitative estimate of drug-likeness (QED) is 0.360. The van der Waals surface area contributed by atoms with Crippen LogP contribution in [-0.2, 0) is 26.2 Å². The van der Waals surface area contributed by atoms with Crippen molar-refractivity contribution >= 4 is 27.5 Å². The summed E-state index contributed by atoms with van der Waals surface area (Å²) in [6.45, 7) is 3.18. The number of likely N-dealkylation sites (N-methyl/N-ethyl adjacent to an activating group) is 1. The third kappa shape index (κ3) is 7.32. The number of ether oxygens (including phenoxy) is 1. The van der Waals surface area contributed by atoms with Crippen LogP contribution in [-0.4, -0.2) is 51.4 Å². The Kier molecular flexibility index (Phi) is 10.00.